The number of carbonyl (C=O) groups is 1. The number of hydrogen-bond donors (Lipinski definition) is 1. The molecule has 0 saturated carbocycles. The highest BCUT2D eigenvalue weighted by molar-refractivity contribution is 5.84. The molecule has 1 fully saturated rings. The van der Waals surface area contributed by atoms with Crippen molar-refractivity contribution >= 4 is 11.7 Å². The van der Waals surface area contributed by atoms with Crippen molar-refractivity contribution in [2.24, 2.45) is 0 Å². The molecule has 2 atom stereocenters. The maximum absolute atomic E-state index is 14.4. The topological polar surface area (TPSA) is 93.1 Å². The molecule has 0 aromatic carbocycles. The molecule has 176 valence electrons. The molecule has 2 unspecified atom stereocenters. The minimum atomic E-state index is -0.662. The average molecular weight is 465 g/mol. The lowest BCUT2D eigenvalue weighted by atomic mass is 9.86. The summed E-state index contributed by atoms with van der Waals surface area (Å²) >= 11 is 0. The van der Waals surface area contributed by atoms with E-state index in [9.17, 15) is 9.18 Å². The molecule has 1 N–H and O–H groups in total. The van der Waals surface area contributed by atoms with Gasteiger partial charge in [0.2, 0.25) is 11.8 Å². The molecule has 9 heteroatoms. The zero-order chi connectivity index (χ0) is 25.6. The summed E-state index contributed by atoms with van der Waals surface area (Å²) in [6.07, 6.45) is 3.40. The van der Waals surface area contributed by atoms with E-state index in [-0.39, 0.29) is 35.2 Å². The smallest absolute Gasteiger partial charge is 0.230 e. The van der Waals surface area contributed by atoms with Crippen LogP contribution in [-0.2, 0) is 11.2 Å². The van der Waals surface area contributed by atoms with Gasteiger partial charge in [-0.25, -0.2) is 24.3 Å². The van der Waals surface area contributed by atoms with Crippen molar-refractivity contribution in [1.82, 2.24) is 24.8 Å². The number of halogens is 1. The second kappa shape index (κ2) is 8.62. The van der Waals surface area contributed by atoms with Crippen molar-refractivity contribution in [3.8, 4) is 17.3 Å². The van der Waals surface area contributed by atoms with E-state index in [2.05, 4.69) is 20.3 Å². The summed E-state index contributed by atoms with van der Waals surface area (Å²) in [6, 6.07) is 4.75. The Labute approximate surface area is 200 Å². The van der Waals surface area contributed by atoms with Crippen LogP contribution >= 0.6 is 0 Å². The highest BCUT2D eigenvalue weighted by atomic mass is 19.1. The van der Waals surface area contributed by atoms with Crippen molar-refractivity contribution in [3.05, 3.63) is 59.4 Å². The minimum absolute atomic E-state index is 0.00534. The van der Waals surface area contributed by atoms with E-state index < -0.39 is 11.7 Å². The standard InChI is InChI=1S/C25H27FN6O2/c1-15(18-12-21(34-3)29-13-20(18)26)24(33)32-10-7-25(14-32)6-5-17-11-19(16(2)30-22(17)31-25)23-27-8-4-9-28-23/h4,8-9,11-13,15H,5-7,10,14H2,1-3H3,(H,30,31)/i8D,9D. The van der Waals surface area contributed by atoms with Crippen molar-refractivity contribution in [2.45, 2.75) is 44.6 Å². The normalized spacial score (nSPS) is 20.9. The molecule has 8 nitrogen and oxygen atoms in total. The Bertz CT molecular complexity index is 1340. The van der Waals surface area contributed by atoms with E-state index in [1.807, 2.05) is 13.0 Å². The van der Waals surface area contributed by atoms with Gasteiger partial charge in [-0.15, -0.1) is 0 Å². The molecule has 0 bridgehead atoms. The number of nitrogens with one attached hydrogen (secondary N) is 1. The minimum Gasteiger partial charge on any atom is -0.481 e. The quantitative estimate of drug-likeness (QED) is 0.631. The van der Waals surface area contributed by atoms with Gasteiger partial charge in [0.05, 0.1) is 33.2 Å². The first-order chi connectivity index (χ1) is 17.2. The number of anilines is 1. The fraction of sp³-hybridized carbons (Fsp3) is 0.400. The largest absolute Gasteiger partial charge is 0.481 e. The van der Waals surface area contributed by atoms with Crippen LogP contribution in [0.5, 0.6) is 5.88 Å². The molecule has 5 rings (SSSR count). The summed E-state index contributed by atoms with van der Waals surface area (Å²) in [5.41, 5.74) is 2.39. The van der Waals surface area contributed by atoms with Crippen LogP contribution in [0.4, 0.5) is 10.2 Å². The van der Waals surface area contributed by atoms with E-state index >= 15 is 0 Å². The van der Waals surface area contributed by atoms with Crippen molar-refractivity contribution in [3.63, 3.8) is 0 Å². The van der Waals surface area contributed by atoms with Crippen LogP contribution in [0.2, 0.25) is 0 Å². The number of rotatable bonds is 4. The molecule has 2 aliphatic heterocycles. The fourth-order valence-corrected chi connectivity index (χ4v) is 4.87. The molecule has 3 aromatic rings. The van der Waals surface area contributed by atoms with Gasteiger partial charge >= 0.3 is 0 Å². The first kappa shape index (κ1) is 19.8. The third-order valence-electron chi connectivity index (χ3n) is 6.83. The molecule has 0 radical (unpaired) electrons. The lowest BCUT2D eigenvalue weighted by Crippen LogP contribution is -2.46. The van der Waals surface area contributed by atoms with Gasteiger partial charge in [-0.1, -0.05) is 0 Å². The van der Waals surface area contributed by atoms with Gasteiger partial charge in [-0.2, -0.15) is 0 Å². The number of nitrogens with zero attached hydrogens (tertiary/aromatic N) is 5. The van der Waals surface area contributed by atoms with Gasteiger partial charge in [-0.3, -0.25) is 4.79 Å². The molecule has 1 spiro atoms. The number of ether oxygens (including phenoxy) is 1. The lowest BCUT2D eigenvalue weighted by Gasteiger charge is -2.36. The second-order valence-corrected chi connectivity index (χ2v) is 8.96. The number of methoxy groups -OCH3 is 1. The molecule has 1 saturated heterocycles. The zero-order valence-electron chi connectivity index (χ0n) is 21.4. The summed E-state index contributed by atoms with van der Waals surface area (Å²) in [7, 11) is 1.46. The molecule has 3 aromatic heterocycles. The maximum atomic E-state index is 14.4. The Morgan fingerprint density at radius 3 is 2.85 bits per heavy atom. The Morgan fingerprint density at radius 2 is 2.09 bits per heavy atom. The van der Waals surface area contributed by atoms with E-state index in [0.717, 1.165) is 36.8 Å². The molecule has 0 aliphatic carbocycles. The van der Waals surface area contributed by atoms with Gasteiger partial charge in [0.15, 0.2) is 5.82 Å². The third-order valence-corrected chi connectivity index (χ3v) is 6.83. The fourth-order valence-electron chi connectivity index (χ4n) is 4.87. The number of hydrogen-bond acceptors (Lipinski definition) is 7. The predicted molar refractivity (Wildman–Crippen MR) is 125 cm³/mol. The maximum Gasteiger partial charge on any atom is 0.230 e. The molecular weight excluding hydrogens is 435 g/mol. The Kier molecular flexibility index (Phi) is 5.03. The van der Waals surface area contributed by atoms with Gasteiger partial charge in [0.25, 0.3) is 0 Å². The number of pyridine rings is 2. The van der Waals surface area contributed by atoms with Gasteiger partial charge < -0.3 is 15.0 Å². The summed E-state index contributed by atoms with van der Waals surface area (Å²) in [5, 5.41) is 3.58. The van der Waals surface area contributed by atoms with Crippen LogP contribution in [0.15, 0.2) is 36.7 Å². The molecule has 2 aliphatic rings. The highest BCUT2D eigenvalue weighted by Crippen LogP contribution is 2.38. The van der Waals surface area contributed by atoms with E-state index in [1.165, 1.54) is 19.2 Å². The molecule has 34 heavy (non-hydrogen) atoms. The zero-order valence-corrected chi connectivity index (χ0v) is 19.4. The Balaban J connectivity index is 1.34. The molecular formula is C25H27FN6O2. The molecule has 1 amide bonds. The van der Waals surface area contributed by atoms with E-state index in [4.69, 9.17) is 12.5 Å². The van der Waals surface area contributed by atoms with E-state index in [1.54, 1.807) is 11.8 Å². The van der Waals surface area contributed by atoms with Gasteiger partial charge in [-0.05, 0) is 50.8 Å². The van der Waals surface area contributed by atoms with Crippen molar-refractivity contribution < 1.29 is 16.7 Å². The summed E-state index contributed by atoms with van der Waals surface area (Å²) in [5.74, 6) is 0.0442. The van der Waals surface area contributed by atoms with Crippen LogP contribution in [0.3, 0.4) is 0 Å². The number of likely N-dealkylation sites (tertiary alicyclic amines) is 1. The first-order valence-corrected chi connectivity index (χ1v) is 11.3. The third kappa shape index (κ3) is 3.95. The summed E-state index contributed by atoms with van der Waals surface area (Å²) < 4.78 is 35.1. The van der Waals surface area contributed by atoms with Gasteiger partial charge in [0.1, 0.15) is 11.6 Å². The number of aryl methyl sites for hydroxylation is 2. The first-order valence-electron chi connectivity index (χ1n) is 12.3. The van der Waals surface area contributed by atoms with Gasteiger partial charge in [0, 0.05) is 42.6 Å². The number of amides is 1. The number of carbonyl (C=O) groups excluding carboxylic acids is 1. The average Bonchev–Trinajstić information content (AvgIpc) is 3.25. The van der Waals surface area contributed by atoms with Crippen LogP contribution in [0.1, 0.15) is 45.2 Å². The Hall–Kier alpha value is -3.62. The Morgan fingerprint density at radius 1 is 1.29 bits per heavy atom. The summed E-state index contributed by atoms with van der Waals surface area (Å²) in [6.45, 7) is 4.64. The lowest BCUT2D eigenvalue weighted by molar-refractivity contribution is -0.131. The molecule has 5 heterocycles. The van der Waals surface area contributed by atoms with Crippen LogP contribution in [0.25, 0.3) is 11.4 Å². The van der Waals surface area contributed by atoms with Crippen LogP contribution < -0.4 is 10.1 Å². The number of aromatic nitrogens is 4. The van der Waals surface area contributed by atoms with Crippen molar-refractivity contribution in [1.29, 1.82) is 0 Å². The monoisotopic (exact) mass is 464 g/mol. The van der Waals surface area contributed by atoms with Crippen LogP contribution in [0, 0.1) is 12.7 Å². The van der Waals surface area contributed by atoms with Crippen molar-refractivity contribution in [2.75, 3.05) is 25.5 Å². The second-order valence-electron chi connectivity index (χ2n) is 8.96. The summed E-state index contributed by atoms with van der Waals surface area (Å²) in [4.78, 5) is 32.0. The number of fused-ring (bicyclic) bond motifs is 1. The SMILES string of the molecule is [2H]c1cc([2H])nc(-c2cc3c(nc2C)NC2(CC3)CCN(C(=O)C(C)c3cc(OC)ncc3F)C2)n1. The van der Waals surface area contributed by atoms with E-state index in [0.29, 0.717) is 30.2 Å². The van der Waals surface area contributed by atoms with Crippen LogP contribution in [-0.4, -0.2) is 56.5 Å². The predicted octanol–water partition coefficient (Wildman–Crippen LogP) is 3.52. The highest BCUT2D eigenvalue weighted by Gasteiger charge is 2.43.